The molecule has 0 saturated carbocycles. The summed E-state index contributed by atoms with van der Waals surface area (Å²) in [5.41, 5.74) is 3.46. The zero-order valence-electron chi connectivity index (χ0n) is 9.92. The van der Waals surface area contributed by atoms with Gasteiger partial charge in [0.1, 0.15) is 11.6 Å². The monoisotopic (exact) mass is 271 g/mol. The van der Waals surface area contributed by atoms with Crippen LogP contribution in [0.15, 0.2) is 18.2 Å². The average Bonchev–Trinajstić information content (AvgIpc) is 2.38. The normalized spacial score (nSPS) is 9.63. The number of halogens is 2. The first-order chi connectivity index (χ1) is 8.93. The quantitative estimate of drug-likeness (QED) is 0.539. The van der Waals surface area contributed by atoms with E-state index in [0.717, 1.165) is 12.1 Å². The smallest absolute Gasteiger partial charge is 0.315 e. The first-order valence-corrected chi connectivity index (χ1v) is 5.29. The number of carbonyl (C=O) groups excluding carboxylic acids is 3. The van der Waals surface area contributed by atoms with E-state index in [4.69, 9.17) is 0 Å². The molecule has 0 atom stereocenters. The summed E-state index contributed by atoms with van der Waals surface area (Å²) in [5.74, 6) is -4.68. The number of hydrogen-bond donors (Lipinski definition) is 3. The Labute approximate surface area is 107 Å². The van der Waals surface area contributed by atoms with Crippen LogP contribution < -0.4 is 16.2 Å². The van der Waals surface area contributed by atoms with Gasteiger partial charge in [-0.05, 0) is 12.1 Å². The van der Waals surface area contributed by atoms with Crippen LogP contribution in [-0.2, 0) is 14.4 Å². The van der Waals surface area contributed by atoms with Crippen molar-refractivity contribution in [2.75, 3.05) is 5.32 Å². The number of nitrogens with one attached hydrogen (secondary N) is 3. The first kappa shape index (κ1) is 14.6. The van der Waals surface area contributed by atoms with Crippen molar-refractivity contribution in [2.45, 2.75) is 13.3 Å². The summed E-state index contributed by atoms with van der Waals surface area (Å²) in [5, 5.41) is 1.93. The fourth-order valence-corrected chi connectivity index (χ4v) is 1.04. The Morgan fingerprint density at radius 3 is 2.37 bits per heavy atom. The zero-order valence-corrected chi connectivity index (χ0v) is 9.92. The summed E-state index contributed by atoms with van der Waals surface area (Å²) >= 11 is 0. The van der Waals surface area contributed by atoms with Crippen LogP contribution in [0.1, 0.15) is 13.3 Å². The van der Waals surface area contributed by atoms with Gasteiger partial charge in [-0.15, -0.1) is 0 Å². The van der Waals surface area contributed by atoms with E-state index >= 15 is 0 Å². The molecule has 1 aromatic carbocycles. The van der Waals surface area contributed by atoms with E-state index in [1.165, 1.54) is 0 Å². The highest BCUT2D eigenvalue weighted by atomic mass is 19.1. The van der Waals surface area contributed by atoms with Gasteiger partial charge in [0.05, 0.1) is 5.69 Å². The van der Waals surface area contributed by atoms with Crippen LogP contribution in [0.2, 0.25) is 0 Å². The lowest BCUT2D eigenvalue weighted by Gasteiger charge is -2.07. The summed E-state index contributed by atoms with van der Waals surface area (Å²) in [6.45, 7) is 1.55. The summed E-state index contributed by atoms with van der Waals surface area (Å²) in [6, 6.07) is 2.46. The van der Waals surface area contributed by atoms with Crippen molar-refractivity contribution >= 4 is 23.4 Å². The average molecular weight is 271 g/mol. The molecule has 0 saturated heterocycles. The topological polar surface area (TPSA) is 87.3 Å². The molecule has 6 nitrogen and oxygen atoms in total. The van der Waals surface area contributed by atoms with Crippen LogP contribution >= 0.6 is 0 Å². The van der Waals surface area contributed by atoms with E-state index in [9.17, 15) is 23.2 Å². The van der Waals surface area contributed by atoms with Crippen LogP contribution in [-0.4, -0.2) is 17.7 Å². The van der Waals surface area contributed by atoms with Crippen LogP contribution in [0.25, 0.3) is 0 Å². The molecule has 8 heteroatoms. The Morgan fingerprint density at radius 1 is 1.11 bits per heavy atom. The predicted octanol–water partition coefficient (Wildman–Crippen LogP) is 0.461. The number of carbonyl (C=O) groups is 3. The maximum atomic E-state index is 13.2. The lowest BCUT2D eigenvalue weighted by atomic mass is 10.3. The van der Waals surface area contributed by atoms with E-state index in [0.29, 0.717) is 6.07 Å². The molecule has 1 rings (SSSR count). The van der Waals surface area contributed by atoms with Gasteiger partial charge in [0.15, 0.2) is 0 Å². The fraction of sp³-hybridized carbons (Fsp3) is 0.182. The minimum atomic E-state index is -1.19. The first-order valence-electron chi connectivity index (χ1n) is 5.29. The van der Waals surface area contributed by atoms with Crippen molar-refractivity contribution in [3.8, 4) is 0 Å². The molecule has 0 radical (unpaired) electrons. The molecule has 0 bridgehead atoms. The van der Waals surface area contributed by atoms with Crippen molar-refractivity contribution in [3.05, 3.63) is 29.8 Å². The third-order valence-electron chi connectivity index (χ3n) is 2.02. The molecule has 0 aromatic heterocycles. The van der Waals surface area contributed by atoms with Crippen LogP contribution in [0.4, 0.5) is 14.5 Å². The summed E-state index contributed by atoms with van der Waals surface area (Å²) < 4.78 is 25.8. The number of benzene rings is 1. The lowest BCUT2D eigenvalue weighted by Crippen LogP contribution is -2.46. The van der Waals surface area contributed by atoms with Crippen LogP contribution in [0.5, 0.6) is 0 Å². The van der Waals surface area contributed by atoms with Crippen molar-refractivity contribution in [1.29, 1.82) is 0 Å². The van der Waals surface area contributed by atoms with Crippen molar-refractivity contribution < 1.29 is 23.2 Å². The molecule has 102 valence electrons. The second-order valence-electron chi connectivity index (χ2n) is 3.43. The van der Waals surface area contributed by atoms with Gasteiger partial charge in [-0.1, -0.05) is 6.92 Å². The van der Waals surface area contributed by atoms with Crippen LogP contribution in [0, 0.1) is 11.6 Å². The highest BCUT2D eigenvalue weighted by Gasteiger charge is 2.16. The Morgan fingerprint density at radius 2 is 1.79 bits per heavy atom. The molecule has 0 spiro atoms. The highest BCUT2D eigenvalue weighted by Crippen LogP contribution is 2.14. The Kier molecular flexibility index (Phi) is 4.92. The van der Waals surface area contributed by atoms with Gasteiger partial charge in [-0.3, -0.25) is 25.2 Å². The second-order valence-corrected chi connectivity index (χ2v) is 3.43. The molecule has 0 aliphatic rings. The highest BCUT2D eigenvalue weighted by molar-refractivity contribution is 6.39. The summed E-state index contributed by atoms with van der Waals surface area (Å²) in [6.07, 6.45) is 0.120. The molecule has 0 heterocycles. The molecule has 3 amide bonds. The number of hydrogen-bond acceptors (Lipinski definition) is 3. The standard InChI is InChI=1S/C11H11F2N3O3/c1-2-9(17)15-16-11(19)10(18)14-8-4-3-6(12)5-7(8)13/h3-5H,2H2,1H3,(H,14,18)(H,15,17)(H,16,19). The van der Waals surface area contributed by atoms with E-state index in [2.05, 4.69) is 0 Å². The molecule has 0 fully saturated rings. The minimum absolute atomic E-state index is 0.120. The van der Waals surface area contributed by atoms with Gasteiger partial charge >= 0.3 is 11.8 Å². The van der Waals surface area contributed by atoms with E-state index < -0.39 is 29.4 Å². The SMILES string of the molecule is CCC(=O)NNC(=O)C(=O)Nc1ccc(F)cc1F. The second kappa shape index (κ2) is 6.43. The third-order valence-corrected chi connectivity index (χ3v) is 2.02. The van der Waals surface area contributed by atoms with E-state index in [1.54, 1.807) is 6.92 Å². The molecule has 19 heavy (non-hydrogen) atoms. The van der Waals surface area contributed by atoms with Gasteiger partial charge < -0.3 is 5.32 Å². The summed E-state index contributed by atoms with van der Waals surface area (Å²) in [4.78, 5) is 33.4. The van der Waals surface area contributed by atoms with Crippen LogP contribution in [0.3, 0.4) is 0 Å². The Hall–Kier alpha value is -2.51. The molecule has 0 unspecified atom stereocenters. The fourth-order valence-electron chi connectivity index (χ4n) is 1.04. The van der Waals surface area contributed by atoms with Gasteiger partial charge in [-0.25, -0.2) is 8.78 Å². The van der Waals surface area contributed by atoms with Crippen molar-refractivity contribution in [3.63, 3.8) is 0 Å². The Balaban J connectivity index is 2.59. The van der Waals surface area contributed by atoms with Gasteiger partial charge in [0.25, 0.3) is 0 Å². The number of amides is 3. The molecule has 0 aliphatic carbocycles. The summed E-state index contributed by atoms with van der Waals surface area (Å²) in [7, 11) is 0. The largest absolute Gasteiger partial charge is 0.328 e. The number of rotatable bonds is 2. The molecule has 0 aliphatic heterocycles. The zero-order chi connectivity index (χ0) is 14.4. The maximum absolute atomic E-state index is 13.2. The molecular formula is C11H11F2N3O3. The minimum Gasteiger partial charge on any atom is -0.315 e. The van der Waals surface area contributed by atoms with Crippen molar-refractivity contribution in [1.82, 2.24) is 10.9 Å². The molecule has 1 aromatic rings. The van der Waals surface area contributed by atoms with Gasteiger partial charge in [-0.2, -0.15) is 0 Å². The third kappa shape index (κ3) is 4.34. The van der Waals surface area contributed by atoms with Gasteiger partial charge in [0, 0.05) is 12.5 Å². The number of hydrazine groups is 1. The van der Waals surface area contributed by atoms with Gasteiger partial charge in [0.2, 0.25) is 5.91 Å². The lowest BCUT2D eigenvalue weighted by molar-refractivity contribution is -0.138. The van der Waals surface area contributed by atoms with Crippen molar-refractivity contribution in [2.24, 2.45) is 0 Å². The van der Waals surface area contributed by atoms with E-state index in [-0.39, 0.29) is 12.1 Å². The Bertz CT molecular complexity index is 520. The molecular weight excluding hydrogens is 260 g/mol. The maximum Gasteiger partial charge on any atom is 0.328 e. The van der Waals surface area contributed by atoms with E-state index in [1.807, 2.05) is 16.2 Å². The predicted molar refractivity (Wildman–Crippen MR) is 61.6 cm³/mol. The molecule has 3 N–H and O–H groups in total. The number of anilines is 1.